The van der Waals surface area contributed by atoms with Gasteiger partial charge in [0.1, 0.15) is 11.7 Å². The van der Waals surface area contributed by atoms with Crippen LogP contribution in [0.2, 0.25) is 0 Å². The van der Waals surface area contributed by atoms with Crippen molar-refractivity contribution in [2.45, 2.75) is 33.6 Å². The van der Waals surface area contributed by atoms with Crippen LogP contribution in [-0.2, 0) is 19.1 Å². The topological polar surface area (TPSA) is 99.1 Å². The molecule has 1 N–H and O–H groups in total. The average molecular weight is 534 g/mol. The number of hydrogen-bond acceptors (Lipinski definition) is 9. The Hall–Kier alpha value is -3.98. The van der Waals surface area contributed by atoms with E-state index in [9.17, 15) is 9.59 Å². The van der Waals surface area contributed by atoms with Crippen molar-refractivity contribution in [2.75, 3.05) is 25.6 Å². The molecule has 9 heteroatoms. The van der Waals surface area contributed by atoms with E-state index < -0.39 is 23.8 Å². The summed E-state index contributed by atoms with van der Waals surface area (Å²) < 4.78 is 16.1. The van der Waals surface area contributed by atoms with E-state index in [1.54, 1.807) is 34.8 Å². The van der Waals surface area contributed by atoms with Crippen LogP contribution in [0.3, 0.4) is 0 Å². The lowest BCUT2D eigenvalue weighted by atomic mass is 9.75. The number of hydrogen-bond donors (Lipinski definition) is 1. The van der Waals surface area contributed by atoms with Crippen molar-refractivity contribution in [1.29, 1.82) is 0 Å². The van der Waals surface area contributed by atoms with Crippen LogP contribution in [0.25, 0.3) is 11.3 Å². The van der Waals surface area contributed by atoms with Gasteiger partial charge < -0.3 is 19.5 Å². The summed E-state index contributed by atoms with van der Waals surface area (Å²) in [5, 5.41) is 6.06. The number of esters is 2. The number of para-hydroxylation sites is 1. The molecule has 0 radical (unpaired) electrons. The first-order chi connectivity index (χ1) is 18.4. The minimum atomic E-state index is -0.771. The second-order valence-electron chi connectivity index (χ2n) is 8.66. The Morgan fingerprint density at radius 2 is 1.71 bits per heavy atom. The molecule has 0 saturated heterocycles. The Kier molecular flexibility index (Phi) is 8.58. The number of anilines is 2. The van der Waals surface area contributed by atoms with Crippen LogP contribution in [0, 0.1) is 5.92 Å². The lowest BCUT2D eigenvalue weighted by molar-refractivity contribution is -0.146. The molecule has 2 atom stereocenters. The number of aromatic nitrogens is 1. The molecule has 2 aromatic carbocycles. The van der Waals surface area contributed by atoms with E-state index in [-0.39, 0.29) is 13.2 Å². The number of aliphatic imine (C=N–C) groups is 1. The SMILES string of the molecule is CCOC(=O)C1=C(C)N=C(C)C(C(=O)OCC)C1c1ccccc1Nc1nc(-c2ccc(OC)cc2)cs1. The fourth-order valence-electron chi connectivity index (χ4n) is 4.61. The number of methoxy groups -OCH3 is 1. The van der Waals surface area contributed by atoms with Gasteiger partial charge in [0.15, 0.2) is 5.13 Å². The third-order valence-corrected chi connectivity index (χ3v) is 7.05. The normalized spacial score (nSPS) is 17.0. The van der Waals surface area contributed by atoms with E-state index in [1.165, 1.54) is 11.3 Å². The lowest BCUT2D eigenvalue weighted by Crippen LogP contribution is -2.36. The predicted molar refractivity (Wildman–Crippen MR) is 149 cm³/mol. The highest BCUT2D eigenvalue weighted by Crippen LogP contribution is 2.43. The Morgan fingerprint density at radius 3 is 2.39 bits per heavy atom. The summed E-state index contributed by atoms with van der Waals surface area (Å²) in [6.07, 6.45) is 0. The van der Waals surface area contributed by atoms with E-state index in [0.717, 1.165) is 28.3 Å². The molecule has 1 aromatic heterocycles. The molecular formula is C29H31N3O5S. The van der Waals surface area contributed by atoms with E-state index in [0.29, 0.717) is 22.1 Å². The van der Waals surface area contributed by atoms with Crippen molar-refractivity contribution in [3.05, 3.63) is 70.7 Å². The van der Waals surface area contributed by atoms with Crippen LogP contribution in [0.4, 0.5) is 10.8 Å². The van der Waals surface area contributed by atoms with Gasteiger partial charge >= 0.3 is 11.9 Å². The van der Waals surface area contributed by atoms with Gasteiger partial charge in [0, 0.05) is 34.0 Å². The zero-order valence-corrected chi connectivity index (χ0v) is 22.9. The number of thiazole rings is 1. The van der Waals surface area contributed by atoms with Crippen molar-refractivity contribution in [3.8, 4) is 17.0 Å². The van der Waals surface area contributed by atoms with Crippen molar-refractivity contribution in [1.82, 2.24) is 4.98 Å². The summed E-state index contributed by atoms with van der Waals surface area (Å²) in [5.41, 5.74) is 4.73. The maximum Gasteiger partial charge on any atom is 0.336 e. The minimum absolute atomic E-state index is 0.211. The monoisotopic (exact) mass is 533 g/mol. The Balaban J connectivity index is 1.74. The summed E-state index contributed by atoms with van der Waals surface area (Å²) in [7, 11) is 1.63. The molecule has 0 fully saturated rings. The van der Waals surface area contributed by atoms with Gasteiger partial charge in [-0.2, -0.15) is 0 Å². The van der Waals surface area contributed by atoms with Crippen molar-refractivity contribution >= 4 is 39.8 Å². The van der Waals surface area contributed by atoms with Crippen molar-refractivity contribution in [2.24, 2.45) is 10.9 Å². The molecule has 1 aliphatic heterocycles. The maximum absolute atomic E-state index is 13.2. The second kappa shape index (κ2) is 12.0. The predicted octanol–water partition coefficient (Wildman–Crippen LogP) is 6.14. The maximum atomic E-state index is 13.2. The minimum Gasteiger partial charge on any atom is -0.497 e. The fourth-order valence-corrected chi connectivity index (χ4v) is 5.34. The molecule has 1 aliphatic rings. The van der Waals surface area contributed by atoms with Gasteiger partial charge in [-0.3, -0.25) is 9.79 Å². The molecule has 0 amide bonds. The molecular weight excluding hydrogens is 502 g/mol. The molecule has 0 spiro atoms. The highest BCUT2D eigenvalue weighted by molar-refractivity contribution is 7.14. The molecule has 2 unspecified atom stereocenters. The Labute approximate surface area is 226 Å². The number of carbonyl (C=O) groups is 2. The van der Waals surface area contributed by atoms with Crippen LogP contribution in [0.5, 0.6) is 5.75 Å². The van der Waals surface area contributed by atoms with E-state index in [2.05, 4.69) is 10.3 Å². The van der Waals surface area contributed by atoms with Crippen LogP contribution in [0.15, 0.2) is 70.2 Å². The number of rotatable bonds is 9. The summed E-state index contributed by atoms with van der Waals surface area (Å²) >= 11 is 1.46. The van der Waals surface area contributed by atoms with Crippen LogP contribution in [0.1, 0.15) is 39.2 Å². The summed E-state index contributed by atoms with van der Waals surface area (Å²) in [4.78, 5) is 35.7. The number of nitrogens with one attached hydrogen (secondary N) is 1. The quantitative estimate of drug-likeness (QED) is 0.330. The van der Waals surface area contributed by atoms with Crippen LogP contribution in [-0.4, -0.2) is 43.0 Å². The number of carbonyl (C=O) groups excluding carboxylic acids is 2. The first-order valence-electron chi connectivity index (χ1n) is 12.4. The van der Waals surface area contributed by atoms with Crippen LogP contribution >= 0.6 is 11.3 Å². The summed E-state index contributed by atoms with van der Waals surface area (Å²) in [6.45, 7) is 7.50. The summed E-state index contributed by atoms with van der Waals surface area (Å²) in [5.74, 6) is -1.56. The molecule has 0 saturated carbocycles. The Morgan fingerprint density at radius 1 is 1.00 bits per heavy atom. The largest absolute Gasteiger partial charge is 0.497 e. The van der Waals surface area contributed by atoms with Crippen LogP contribution < -0.4 is 10.1 Å². The highest BCUT2D eigenvalue weighted by atomic mass is 32.1. The van der Waals surface area contributed by atoms with Gasteiger partial charge in [-0.25, -0.2) is 9.78 Å². The first kappa shape index (κ1) is 27.1. The van der Waals surface area contributed by atoms with Gasteiger partial charge in [-0.1, -0.05) is 18.2 Å². The fraction of sp³-hybridized carbons (Fsp3) is 0.310. The highest BCUT2D eigenvalue weighted by Gasteiger charge is 2.43. The van der Waals surface area contributed by atoms with Gasteiger partial charge in [0.25, 0.3) is 0 Å². The zero-order valence-electron chi connectivity index (χ0n) is 22.1. The third-order valence-electron chi connectivity index (χ3n) is 6.29. The number of allylic oxidation sites excluding steroid dienone is 1. The molecule has 3 aromatic rings. The first-order valence-corrected chi connectivity index (χ1v) is 13.3. The molecule has 0 bridgehead atoms. The molecule has 198 valence electrons. The lowest BCUT2D eigenvalue weighted by Gasteiger charge is -2.32. The molecule has 0 aliphatic carbocycles. The smallest absolute Gasteiger partial charge is 0.336 e. The van der Waals surface area contributed by atoms with Crippen molar-refractivity contribution < 1.29 is 23.8 Å². The standard InChI is InChI=1S/C29H31N3O5S/c1-6-36-27(33)24-17(3)30-18(4)25(28(34)37-7-2)26(24)21-10-8-9-11-22(21)31-29-32-23(16-38-29)19-12-14-20(35-5)15-13-19/h8-16,24,26H,6-7H2,1-5H3,(H,31,32). The van der Waals surface area contributed by atoms with E-state index >= 15 is 0 Å². The summed E-state index contributed by atoms with van der Waals surface area (Å²) in [6, 6.07) is 15.3. The second-order valence-corrected chi connectivity index (χ2v) is 9.52. The van der Waals surface area contributed by atoms with Gasteiger partial charge in [0.2, 0.25) is 0 Å². The van der Waals surface area contributed by atoms with Gasteiger partial charge in [0.05, 0.1) is 31.6 Å². The van der Waals surface area contributed by atoms with Crippen molar-refractivity contribution in [3.63, 3.8) is 0 Å². The third kappa shape index (κ3) is 5.62. The molecule has 8 nitrogen and oxygen atoms in total. The van der Waals surface area contributed by atoms with Gasteiger partial charge in [-0.15, -0.1) is 11.3 Å². The number of benzene rings is 2. The number of ether oxygens (including phenoxy) is 3. The zero-order chi connectivity index (χ0) is 27.2. The average Bonchev–Trinajstić information content (AvgIpc) is 3.37. The number of nitrogens with zero attached hydrogens (tertiary/aromatic N) is 2. The molecule has 2 heterocycles. The van der Waals surface area contributed by atoms with Gasteiger partial charge in [-0.05, 0) is 63.6 Å². The van der Waals surface area contributed by atoms with E-state index in [1.807, 2.05) is 53.9 Å². The molecule has 38 heavy (non-hydrogen) atoms. The Bertz CT molecular complexity index is 1380. The molecule has 4 rings (SSSR count). The van der Waals surface area contributed by atoms with E-state index in [4.69, 9.17) is 19.2 Å².